The Bertz CT molecular complexity index is 1520. The lowest BCUT2D eigenvalue weighted by Gasteiger charge is -2.30. The van der Waals surface area contributed by atoms with Crippen LogP contribution in [0.15, 0.2) is 36.9 Å². The third-order valence-electron chi connectivity index (χ3n) is 10.2. The number of halogens is 1. The monoisotopic (exact) mass is 977 g/mol. The van der Waals surface area contributed by atoms with Gasteiger partial charge in [-0.1, -0.05) is 67.5 Å². The van der Waals surface area contributed by atoms with E-state index in [1.54, 1.807) is 0 Å². The molecule has 0 amide bonds. The van der Waals surface area contributed by atoms with Crippen LogP contribution in [0.2, 0.25) is 20.5 Å². The summed E-state index contributed by atoms with van der Waals surface area (Å²) < 4.78 is 15.9. The van der Waals surface area contributed by atoms with E-state index in [1.807, 2.05) is 41.7 Å². The quantitative estimate of drug-likeness (QED) is 0.0672. The molecule has 19 heteroatoms. The van der Waals surface area contributed by atoms with Crippen LogP contribution in [0, 0.1) is 39.0 Å². The van der Waals surface area contributed by atoms with E-state index in [0.717, 1.165) is 60.5 Å². The van der Waals surface area contributed by atoms with Crippen LogP contribution in [0.25, 0.3) is 0 Å². The maximum Gasteiger partial charge on any atom is 0.205 e. The highest BCUT2D eigenvalue weighted by molar-refractivity contribution is 6.92. The molecule has 0 bridgehead atoms. The van der Waals surface area contributed by atoms with Gasteiger partial charge in [-0.15, -0.1) is 12.3 Å². The molecule has 0 saturated carbocycles. The Morgan fingerprint density at radius 3 is 1.24 bits per heavy atom. The summed E-state index contributed by atoms with van der Waals surface area (Å²) in [5.41, 5.74) is 2.96. The van der Waals surface area contributed by atoms with E-state index in [2.05, 4.69) is 99.6 Å². The van der Waals surface area contributed by atoms with Crippen LogP contribution < -0.4 is 0 Å². The third kappa shape index (κ3) is 29.8. The van der Waals surface area contributed by atoms with Crippen molar-refractivity contribution in [3.05, 3.63) is 52.6 Å². The Morgan fingerprint density at radius 1 is 0.667 bits per heavy atom. The van der Waals surface area contributed by atoms with Crippen LogP contribution in [0.4, 0.5) is 0 Å². The van der Waals surface area contributed by atoms with E-state index in [9.17, 15) is 0 Å². The van der Waals surface area contributed by atoms with Gasteiger partial charge in [0.05, 0.1) is 17.1 Å². The summed E-state index contributed by atoms with van der Waals surface area (Å²) in [5, 5.41) is 22.1. The molecule has 7 rings (SSSR count). The molecule has 0 aliphatic carbocycles. The van der Waals surface area contributed by atoms with E-state index in [0.29, 0.717) is 23.7 Å². The minimum Gasteiger partial charge on any atom is -0.410 e. The number of likely N-dealkylation sites (N-methyl/N-ethyl adjacent to an activating group) is 2. The van der Waals surface area contributed by atoms with Gasteiger partial charge in [0, 0.05) is 61.5 Å². The average Bonchev–Trinajstić information content (AvgIpc) is 3.97. The van der Waals surface area contributed by atoms with Gasteiger partial charge in [-0.25, -0.2) is 0 Å². The highest BCUT2D eigenvalue weighted by Crippen LogP contribution is 2.28. The van der Waals surface area contributed by atoms with Crippen molar-refractivity contribution in [2.75, 3.05) is 73.5 Å². The lowest BCUT2D eigenvalue weighted by molar-refractivity contribution is 0.223. The summed E-state index contributed by atoms with van der Waals surface area (Å²) in [6.45, 7) is 22.7. The Morgan fingerprint density at radius 2 is 0.984 bits per heavy atom. The number of hydrogen-bond donors (Lipinski definition) is 1. The normalized spacial score (nSPS) is 21.0. The molecule has 1 N–H and O–H groups in total. The first-order chi connectivity index (χ1) is 27.3. The molecule has 4 fully saturated rings. The van der Waals surface area contributed by atoms with Gasteiger partial charge in [0.15, 0.2) is 0 Å². The molecule has 364 valence electrons. The fourth-order valence-corrected chi connectivity index (χ4v) is 7.30. The van der Waals surface area contributed by atoms with Crippen LogP contribution in [0.3, 0.4) is 0 Å². The number of terminal acetylenes is 1. The lowest BCUT2D eigenvalue weighted by atomic mass is 9.87. The largest absolute Gasteiger partial charge is 0.410 e. The summed E-state index contributed by atoms with van der Waals surface area (Å²) in [6.07, 6.45) is 15.2. The molecule has 3 aromatic rings. The summed E-state index contributed by atoms with van der Waals surface area (Å²) in [5.74, 6) is 8.12. The predicted molar refractivity (Wildman–Crippen MR) is 293 cm³/mol. The summed E-state index contributed by atoms with van der Waals surface area (Å²) in [6, 6.07) is 6.18. The fourth-order valence-electron chi connectivity index (χ4n) is 7.30. The van der Waals surface area contributed by atoms with Gasteiger partial charge < -0.3 is 38.3 Å². The highest BCUT2D eigenvalue weighted by Gasteiger charge is 2.24. The fraction of sp³-hybridized carbons (Fsp3) is 0.727. The molecule has 0 aromatic carbocycles. The van der Waals surface area contributed by atoms with Crippen molar-refractivity contribution in [1.82, 2.24) is 35.0 Å². The zero-order valence-corrected chi connectivity index (χ0v) is 46.0. The third-order valence-corrected chi connectivity index (χ3v) is 10.3. The molecule has 0 spiro atoms. The lowest BCUT2D eigenvalue weighted by Crippen LogP contribution is -2.35. The molecule has 12 nitrogen and oxygen atoms in total. The van der Waals surface area contributed by atoms with Crippen LogP contribution in [0.1, 0.15) is 125 Å². The maximum absolute atomic E-state index is 7.60. The van der Waals surface area contributed by atoms with Crippen molar-refractivity contribution in [3.8, 4) is 12.3 Å². The molecule has 3 aromatic heterocycles. The molecular formula is C44H91B2ClN8O4P4. The molecule has 4 saturated heterocycles. The van der Waals surface area contributed by atoms with E-state index in [4.69, 9.17) is 36.8 Å². The second-order valence-electron chi connectivity index (χ2n) is 15.8. The van der Waals surface area contributed by atoms with Crippen molar-refractivity contribution in [2.45, 2.75) is 132 Å². The second-order valence-corrected chi connectivity index (χ2v) is 16.4. The first-order valence-corrected chi connectivity index (χ1v) is 21.1. The topological polar surface area (TPSA) is 124 Å². The van der Waals surface area contributed by atoms with Gasteiger partial charge >= 0.3 is 0 Å². The number of aromatic nitrogens is 3. The predicted octanol–water partition coefficient (Wildman–Crippen LogP) is 9.70. The van der Waals surface area contributed by atoms with Crippen molar-refractivity contribution in [1.29, 1.82) is 0 Å². The molecule has 4 aliphatic heterocycles. The highest BCUT2D eigenvalue weighted by atomic mass is 35.5. The number of oxime groups is 1. The summed E-state index contributed by atoms with van der Waals surface area (Å²) >= 11 is 4.96. The number of nitrogens with zero attached hydrogens (tertiary/aromatic N) is 8. The molecule has 8 unspecified atom stereocenters. The summed E-state index contributed by atoms with van der Waals surface area (Å²) in [4.78, 5) is 9.36. The first-order valence-electron chi connectivity index (χ1n) is 20.7. The molecule has 8 atom stereocenters. The zero-order chi connectivity index (χ0) is 42.2. The summed E-state index contributed by atoms with van der Waals surface area (Å²) in [7, 11) is 10.6. The molecule has 63 heavy (non-hydrogen) atoms. The Hall–Kier alpha value is -1.36. The van der Waals surface area contributed by atoms with Gasteiger partial charge in [-0.05, 0) is 133 Å². The van der Waals surface area contributed by atoms with Gasteiger partial charge in [-0.2, -0.15) is 39.6 Å². The van der Waals surface area contributed by atoms with Crippen molar-refractivity contribution >= 4 is 71.1 Å². The standard InChI is InChI=1S/C10H16BN2O.2C10H16N2O.C8H13N.C2H6B.C2H4ClNO.2CH4.4H3P/c1-8-6-10(14-12-8)9-4-3-5-13(7-9)11-2;2*1-8-6-10(13-11-8)9-4-3-5-12(2)7-9;1-3-8-5-4-6-9(2)7-8;1-3-2;1-2(3)4-5;;;;;;/h6,9H,3-5,7H2,1-2H3;2*6,9H,3-5,7H2,1-2H3;1,8H,4-7H2,2H3;1-2H3;5H,1H3;2*1H4;4*1H3/b;;;;;4-2-;;;;;;. The smallest absolute Gasteiger partial charge is 0.205 e. The molecule has 7 heterocycles. The Balaban J connectivity index is -0.000000219. The molecular weight excluding hydrogens is 886 g/mol. The van der Waals surface area contributed by atoms with E-state index < -0.39 is 0 Å². The SMILES string of the molecule is C.C.C#CC1CCCN(C)C1.C/C(Cl)=N/O.C[B]C.C[B]N1CCCC(c2cc(C)no2)C1.Cc1cc(C2CCCN(C)C2)on1.Cc1cc(C2CCCN(C)C2)on1.P.P.P.P. The van der Waals surface area contributed by atoms with Crippen LogP contribution in [-0.4, -0.2) is 134 Å². The second kappa shape index (κ2) is 40.9. The number of aryl methyl sites for hydroxylation is 3. The van der Waals surface area contributed by atoms with Gasteiger partial charge in [0.25, 0.3) is 0 Å². The molecule has 2 radical (unpaired) electrons. The maximum atomic E-state index is 7.60. The van der Waals surface area contributed by atoms with Gasteiger partial charge in [0.2, 0.25) is 7.41 Å². The molecule has 4 aliphatic rings. The number of rotatable bonds is 4. The van der Waals surface area contributed by atoms with E-state index in [-0.39, 0.29) is 59.6 Å². The first kappa shape index (κ1) is 70.7. The Labute approximate surface area is 404 Å². The van der Waals surface area contributed by atoms with Crippen molar-refractivity contribution < 1.29 is 18.8 Å². The number of piperidine rings is 4. The zero-order valence-electron chi connectivity index (χ0n) is 39.5. The van der Waals surface area contributed by atoms with Crippen molar-refractivity contribution in [3.63, 3.8) is 0 Å². The van der Waals surface area contributed by atoms with E-state index >= 15 is 0 Å². The van der Waals surface area contributed by atoms with E-state index in [1.165, 1.54) is 84.5 Å². The average molecular weight is 977 g/mol. The Kier molecular flexibility index (Phi) is 45.8. The van der Waals surface area contributed by atoms with Crippen LogP contribution >= 0.6 is 51.2 Å². The van der Waals surface area contributed by atoms with Crippen LogP contribution in [0.5, 0.6) is 0 Å². The number of hydrogen-bond acceptors (Lipinski definition) is 12. The van der Waals surface area contributed by atoms with Crippen LogP contribution in [-0.2, 0) is 0 Å². The number of likely N-dealkylation sites (tertiary alicyclic amines) is 3. The van der Waals surface area contributed by atoms with Gasteiger partial charge in [-0.3, -0.25) is 0 Å². The van der Waals surface area contributed by atoms with Crippen molar-refractivity contribution in [2.24, 2.45) is 11.1 Å². The van der Waals surface area contributed by atoms with Gasteiger partial charge in [0.1, 0.15) is 29.7 Å². The minimum absolute atomic E-state index is 0. The minimum atomic E-state index is 0.